The maximum Gasteiger partial charge on any atom is 0.119 e. The van der Waals surface area contributed by atoms with Crippen molar-refractivity contribution < 1.29 is 4.74 Å². The van der Waals surface area contributed by atoms with Crippen LogP contribution in [0.25, 0.3) is 0 Å². The van der Waals surface area contributed by atoms with E-state index in [1.165, 1.54) is 24.9 Å². The highest BCUT2D eigenvalue weighted by molar-refractivity contribution is 5.49. The molecule has 1 heterocycles. The molecule has 0 aromatic heterocycles. The van der Waals surface area contributed by atoms with Crippen molar-refractivity contribution >= 4 is 5.69 Å². The summed E-state index contributed by atoms with van der Waals surface area (Å²) in [4.78, 5) is 2.53. The first-order valence-electron chi connectivity index (χ1n) is 7.35. The predicted molar refractivity (Wildman–Crippen MR) is 79.0 cm³/mol. The monoisotopic (exact) mass is 260 g/mol. The van der Waals surface area contributed by atoms with Gasteiger partial charge in [0.2, 0.25) is 0 Å². The normalized spacial score (nSPS) is 28.0. The number of hydrogen-bond donors (Lipinski definition) is 1. The molecule has 1 aromatic carbocycles. The van der Waals surface area contributed by atoms with Gasteiger partial charge in [0.25, 0.3) is 0 Å². The lowest BCUT2D eigenvalue weighted by atomic mass is 9.95. The van der Waals surface area contributed by atoms with Crippen molar-refractivity contribution in [2.75, 3.05) is 31.6 Å². The van der Waals surface area contributed by atoms with Crippen molar-refractivity contribution in [1.29, 1.82) is 0 Å². The second kappa shape index (κ2) is 5.04. The van der Waals surface area contributed by atoms with Gasteiger partial charge in [-0.2, -0.15) is 0 Å². The summed E-state index contributed by atoms with van der Waals surface area (Å²) in [5.74, 6) is 1.80. The van der Waals surface area contributed by atoms with E-state index in [9.17, 15) is 0 Å². The Morgan fingerprint density at radius 2 is 2.00 bits per heavy atom. The maximum absolute atomic E-state index is 5.24. The van der Waals surface area contributed by atoms with Gasteiger partial charge in [0, 0.05) is 24.3 Å². The minimum absolute atomic E-state index is 0.288. The first-order valence-corrected chi connectivity index (χ1v) is 7.35. The van der Waals surface area contributed by atoms with Gasteiger partial charge in [-0.3, -0.25) is 0 Å². The SMILES string of the molecule is COc1ccc(N2CCCNC(C)(C3CC3)C2)cc1. The highest BCUT2D eigenvalue weighted by Crippen LogP contribution is 2.41. The lowest BCUT2D eigenvalue weighted by molar-refractivity contribution is 0.331. The molecule has 0 bridgehead atoms. The molecule has 0 spiro atoms. The highest BCUT2D eigenvalue weighted by atomic mass is 16.5. The van der Waals surface area contributed by atoms with Crippen molar-refractivity contribution in [3.05, 3.63) is 24.3 Å². The van der Waals surface area contributed by atoms with Crippen LogP contribution >= 0.6 is 0 Å². The van der Waals surface area contributed by atoms with Gasteiger partial charge >= 0.3 is 0 Å². The van der Waals surface area contributed by atoms with Crippen molar-refractivity contribution in [1.82, 2.24) is 5.32 Å². The molecule has 3 heteroatoms. The lowest BCUT2D eigenvalue weighted by Crippen LogP contribution is -2.51. The smallest absolute Gasteiger partial charge is 0.119 e. The number of hydrogen-bond acceptors (Lipinski definition) is 3. The Labute approximate surface area is 115 Å². The van der Waals surface area contributed by atoms with Gasteiger partial charge in [0.15, 0.2) is 0 Å². The van der Waals surface area contributed by atoms with Gasteiger partial charge in [-0.1, -0.05) is 0 Å². The highest BCUT2D eigenvalue weighted by Gasteiger charge is 2.43. The van der Waals surface area contributed by atoms with Crippen molar-refractivity contribution in [3.63, 3.8) is 0 Å². The second-order valence-corrected chi connectivity index (χ2v) is 6.09. The van der Waals surface area contributed by atoms with Crippen LogP contribution in [0.3, 0.4) is 0 Å². The van der Waals surface area contributed by atoms with Crippen LogP contribution < -0.4 is 15.0 Å². The zero-order chi connectivity index (χ0) is 13.3. The first-order chi connectivity index (χ1) is 9.21. The number of rotatable bonds is 3. The molecule has 2 aliphatic rings. The van der Waals surface area contributed by atoms with E-state index in [1.807, 2.05) is 0 Å². The maximum atomic E-state index is 5.24. The third kappa shape index (κ3) is 2.71. The Hall–Kier alpha value is -1.22. The Bertz CT molecular complexity index is 427. The minimum Gasteiger partial charge on any atom is -0.497 e. The first kappa shape index (κ1) is 12.8. The molecule has 0 radical (unpaired) electrons. The molecule has 2 fully saturated rings. The van der Waals surface area contributed by atoms with Gasteiger partial charge in [-0.05, 0) is 62.9 Å². The number of benzene rings is 1. The fraction of sp³-hybridized carbons (Fsp3) is 0.625. The van der Waals surface area contributed by atoms with Crippen molar-refractivity contribution in [2.24, 2.45) is 5.92 Å². The molecule has 19 heavy (non-hydrogen) atoms. The van der Waals surface area contributed by atoms with E-state index in [1.54, 1.807) is 7.11 Å². The molecular formula is C16H24N2O. The van der Waals surface area contributed by atoms with Crippen LogP contribution in [-0.4, -0.2) is 32.3 Å². The molecule has 3 nitrogen and oxygen atoms in total. The van der Waals surface area contributed by atoms with E-state index in [0.717, 1.165) is 31.3 Å². The van der Waals surface area contributed by atoms with E-state index >= 15 is 0 Å². The lowest BCUT2D eigenvalue weighted by Gasteiger charge is -2.35. The number of ether oxygens (including phenoxy) is 1. The molecule has 1 saturated carbocycles. The van der Waals surface area contributed by atoms with E-state index in [2.05, 4.69) is 41.4 Å². The standard InChI is InChI=1S/C16H24N2O/c1-16(13-4-5-13)12-18(11-3-10-17-16)14-6-8-15(19-2)9-7-14/h6-9,13,17H,3-5,10-12H2,1-2H3. The number of anilines is 1. The largest absolute Gasteiger partial charge is 0.497 e. The summed E-state index contributed by atoms with van der Waals surface area (Å²) < 4.78 is 5.24. The molecule has 1 aliphatic heterocycles. The van der Waals surface area contributed by atoms with Gasteiger partial charge in [0.05, 0.1) is 7.11 Å². The molecule has 1 saturated heterocycles. The Morgan fingerprint density at radius 1 is 1.26 bits per heavy atom. The zero-order valence-corrected chi connectivity index (χ0v) is 12.0. The van der Waals surface area contributed by atoms with Crippen molar-refractivity contribution in [3.8, 4) is 5.75 Å². The topological polar surface area (TPSA) is 24.5 Å². The molecule has 1 aliphatic carbocycles. The average molecular weight is 260 g/mol. The van der Waals surface area contributed by atoms with Gasteiger partial charge in [-0.25, -0.2) is 0 Å². The predicted octanol–water partition coefficient (Wildman–Crippen LogP) is 2.66. The van der Waals surface area contributed by atoms with Gasteiger partial charge in [-0.15, -0.1) is 0 Å². The average Bonchev–Trinajstić information content (AvgIpc) is 3.26. The van der Waals surface area contributed by atoms with Crippen LogP contribution in [0.4, 0.5) is 5.69 Å². The van der Waals surface area contributed by atoms with Gasteiger partial charge < -0.3 is 15.0 Å². The summed E-state index contributed by atoms with van der Waals surface area (Å²) >= 11 is 0. The molecule has 1 unspecified atom stereocenters. The summed E-state index contributed by atoms with van der Waals surface area (Å²) in [5, 5.41) is 3.78. The summed E-state index contributed by atoms with van der Waals surface area (Å²) in [5.41, 5.74) is 1.60. The number of nitrogens with zero attached hydrogens (tertiary/aromatic N) is 1. The van der Waals surface area contributed by atoms with Crippen LogP contribution in [0, 0.1) is 5.92 Å². The van der Waals surface area contributed by atoms with E-state index < -0.39 is 0 Å². The third-order valence-corrected chi connectivity index (χ3v) is 4.57. The molecular weight excluding hydrogens is 236 g/mol. The van der Waals surface area contributed by atoms with Crippen LogP contribution in [0.5, 0.6) is 5.75 Å². The van der Waals surface area contributed by atoms with Gasteiger partial charge in [0.1, 0.15) is 5.75 Å². The Kier molecular flexibility index (Phi) is 3.40. The second-order valence-electron chi connectivity index (χ2n) is 6.09. The fourth-order valence-electron chi connectivity index (χ4n) is 3.18. The van der Waals surface area contributed by atoms with Crippen LogP contribution in [0.1, 0.15) is 26.2 Å². The van der Waals surface area contributed by atoms with E-state index in [4.69, 9.17) is 4.74 Å². The third-order valence-electron chi connectivity index (χ3n) is 4.57. The molecule has 3 rings (SSSR count). The summed E-state index contributed by atoms with van der Waals surface area (Å²) in [6, 6.07) is 8.47. The van der Waals surface area contributed by atoms with E-state index in [0.29, 0.717) is 0 Å². The van der Waals surface area contributed by atoms with Crippen LogP contribution in [-0.2, 0) is 0 Å². The molecule has 104 valence electrons. The number of methoxy groups -OCH3 is 1. The molecule has 1 N–H and O–H groups in total. The summed E-state index contributed by atoms with van der Waals surface area (Å²) in [6.07, 6.45) is 3.99. The summed E-state index contributed by atoms with van der Waals surface area (Å²) in [6.45, 7) is 5.79. The number of nitrogens with one attached hydrogen (secondary N) is 1. The Morgan fingerprint density at radius 3 is 2.63 bits per heavy atom. The zero-order valence-electron chi connectivity index (χ0n) is 12.0. The van der Waals surface area contributed by atoms with Crippen molar-refractivity contribution in [2.45, 2.75) is 31.7 Å². The Balaban J connectivity index is 1.77. The molecule has 1 atom stereocenters. The molecule has 0 amide bonds. The minimum atomic E-state index is 0.288. The quantitative estimate of drug-likeness (QED) is 0.904. The van der Waals surface area contributed by atoms with E-state index in [-0.39, 0.29) is 5.54 Å². The fourth-order valence-corrected chi connectivity index (χ4v) is 3.18. The molecule has 1 aromatic rings. The van der Waals surface area contributed by atoms with Crippen LogP contribution in [0.15, 0.2) is 24.3 Å². The van der Waals surface area contributed by atoms with Crippen LogP contribution in [0.2, 0.25) is 0 Å². The summed E-state index contributed by atoms with van der Waals surface area (Å²) in [7, 11) is 1.72.